The van der Waals surface area contributed by atoms with Crippen LogP contribution in [0.3, 0.4) is 0 Å². The van der Waals surface area contributed by atoms with E-state index < -0.39 is 0 Å². The Kier molecular flexibility index (Phi) is 5.43. The third-order valence-electron chi connectivity index (χ3n) is 2.61. The van der Waals surface area contributed by atoms with E-state index in [1.54, 1.807) is 30.1 Å². The van der Waals surface area contributed by atoms with Gasteiger partial charge in [0.1, 0.15) is 0 Å². The summed E-state index contributed by atoms with van der Waals surface area (Å²) in [5.41, 5.74) is 7.05. The van der Waals surface area contributed by atoms with E-state index in [-0.39, 0.29) is 5.91 Å². The van der Waals surface area contributed by atoms with Crippen LogP contribution in [0, 0.1) is 0 Å². The normalized spacial score (nSPS) is 10.2. The van der Waals surface area contributed by atoms with Gasteiger partial charge in [-0.1, -0.05) is 12.1 Å². The maximum Gasteiger partial charge on any atom is 0.224 e. The Morgan fingerprint density at radius 3 is 2.90 bits per heavy atom. The summed E-state index contributed by atoms with van der Waals surface area (Å²) >= 11 is 1.66. The zero-order valence-corrected chi connectivity index (χ0v) is 11.9. The molecule has 0 fully saturated rings. The summed E-state index contributed by atoms with van der Waals surface area (Å²) in [6.07, 6.45) is 3.08. The number of rotatable bonds is 6. The lowest BCUT2D eigenvalue weighted by molar-refractivity contribution is -0.116. The highest BCUT2D eigenvalue weighted by Gasteiger charge is 2.03. The van der Waals surface area contributed by atoms with Crippen molar-refractivity contribution in [2.24, 2.45) is 0 Å². The SMILES string of the molecule is Nc1cccc(NC(=O)CCCSc2ccccn2)c1. The van der Waals surface area contributed by atoms with Gasteiger partial charge in [-0.3, -0.25) is 4.79 Å². The Bertz CT molecular complexity index is 560. The maximum atomic E-state index is 11.8. The monoisotopic (exact) mass is 287 g/mol. The second-order valence-corrected chi connectivity index (χ2v) is 5.41. The zero-order valence-electron chi connectivity index (χ0n) is 11.1. The highest BCUT2D eigenvalue weighted by Crippen LogP contribution is 2.16. The minimum Gasteiger partial charge on any atom is -0.399 e. The first-order chi connectivity index (χ1) is 9.74. The molecule has 0 saturated carbocycles. The quantitative estimate of drug-likeness (QED) is 0.486. The van der Waals surface area contributed by atoms with Gasteiger partial charge in [0.05, 0.1) is 5.03 Å². The number of hydrogen-bond donors (Lipinski definition) is 2. The lowest BCUT2D eigenvalue weighted by Gasteiger charge is -2.05. The fourth-order valence-corrected chi connectivity index (χ4v) is 2.49. The number of thioether (sulfide) groups is 1. The summed E-state index contributed by atoms with van der Waals surface area (Å²) in [6.45, 7) is 0. The first kappa shape index (κ1) is 14.4. The lowest BCUT2D eigenvalue weighted by Crippen LogP contribution is -2.11. The van der Waals surface area contributed by atoms with Gasteiger partial charge in [0.25, 0.3) is 0 Å². The van der Waals surface area contributed by atoms with Gasteiger partial charge in [-0.2, -0.15) is 0 Å². The fraction of sp³-hybridized carbons (Fsp3) is 0.200. The van der Waals surface area contributed by atoms with E-state index in [0.29, 0.717) is 12.1 Å². The molecule has 1 aromatic carbocycles. The van der Waals surface area contributed by atoms with Gasteiger partial charge in [-0.15, -0.1) is 11.8 Å². The molecule has 104 valence electrons. The number of nitrogens with two attached hydrogens (primary N) is 1. The van der Waals surface area contributed by atoms with Crippen LogP contribution in [0.2, 0.25) is 0 Å². The summed E-state index contributed by atoms with van der Waals surface area (Å²) < 4.78 is 0. The van der Waals surface area contributed by atoms with E-state index in [9.17, 15) is 4.79 Å². The average molecular weight is 287 g/mol. The second-order valence-electron chi connectivity index (χ2n) is 4.29. The number of aromatic nitrogens is 1. The molecular formula is C15H17N3OS. The van der Waals surface area contributed by atoms with Crippen LogP contribution in [0.25, 0.3) is 0 Å². The molecule has 2 rings (SSSR count). The molecular weight excluding hydrogens is 270 g/mol. The maximum absolute atomic E-state index is 11.8. The minimum atomic E-state index is 0.0113. The number of carbonyl (C=O) groups excluding carboxylic acids is 1. The number of carbonyl (C=O) groups is 1. The standard InChI is InChI=1S/C15H17N3OS/c16-12-5-3-6-13(11-12)18-14(19)7-4-10-20-15-8-1-2-9-17-15/h1-3,5-6,8-9,11H,4,7,10,16H2,(H,18,19). The third-order valence-corrected chi connectivity index (χ3v) is 3.64. The van der Waals surface area contributed by atoms with Crippen LogP contribution in [-0.4, -0.2) is 16.6 Å². The van der Waals surface area contributed by atoms with Gasteiger partial charge in [0, 0.05) is 24.0 Å². The van der Waals surface area contributed by atoms with Crippen molar-refractivity contribution in [2.45, 2.75) is 17.9 Å². The van der Waals surface area contributed by atoms with Gasteiger partial charge < -0.3 is 11.1 Å². The highest BCUT2D eigenvalue weighted by molar-refractivity contribution is 7.99. The molecule has 0 atom stereocenters. The largest absolute Gasteiger partial charge is 0.399 e. The summed E-state index contributed by atoms with van der Waals surface area (Å²) in [5, 5.41) is 3.83. The summed E-state index contributed by atoms with van der Waals surface area (Å²) in [4.78, 5) is 16.0. The molecule has 0 aliphatic heterocycles. The average Bonchev–Trinajstić information content (AvgIpc) is 2.45. The van der Waals surface area contributed by atoms with E-state index in [4.69, 9.17) is 5.73 Å². The van der Waals surface area contributed by atoms with E-state index in [1.165, 1.54) is 0 Å². The summed E-state index contributed by atoms with van der Waals surface area (Å²) in [7, 11) is 0. The molecule has 4 nitrogen and oxygen atoms in total. The Morgan fingerprint density at radius 2 is 2.15 bits per heavy atom. The van der Waals surface area contributed by atoms with Gasteiger partial charge in [0.15, 0.2) is 0 Å². The first-order valence-electron chi connectivity index (χ1n) is 6.43. The Balaban J connectivity index is 1.68. The molecule has 0 spiro atoms. The lowest BCUT2D eigenvalue weighted by atomic mass is 10.2. The predicted molar refractivity (Wildman–Crippen MR) is 83.7 cm³/mol. The van der Waals surface area contributed by atoms with Crippen LogP contribution in [0.5, 0.6) is 0 Å². The third kappa shape index (κ3) is 4.93. The summed E-state index contributed by atoms with van der Waals surface area (Å²) in [6, 6.07) is 13.0. The van der Waals surface area contributed by atoms with Gasteiger partial charge in [-0.25, -0.2) is 4.98 Å². The van der Waals surface area contributed by atoms with Gasteiger partial charge in [0.2, 0.25) is 5.91 Å². The molecule has 0 unspecified atom stereocenters. The molecule has 20 heavy (non-hydrogen) atoms. The summed E-state index contributed by atoms with van der Waals surface area (Å²) in [5.74, 6) is 0.888. The van der Waals surface area contributed by atoms with Crippen LogP contribution in [0.4, 0.5) is 11.4 Å². The smallest absolute Gasteiger partial charge is 0.224 e. The van der Waals surface area contributed by atoms with Crippen LogP contribution >= 0.6 is 11.8 Å². The number of nitrogens with zero attached hydrogens (tertiary/aromatic N) is 1. The van der Waals surface area contributed by atoms with Crippen LogP contribution in [-0.2, 0) is 4.79 Å². The van der Waals surface area contributed by atoms with E-state index in [2.05, 4.69) is 10.3 Å². The van der Waals surface area contributed by atoms with Crippen LogP contribution in [0.15, 0.2) is 53.7 Å². The van der Waals surface area contributed by atoms with Crippen LogP contribution in [0.1, 0.15) is 12.8 Å². The van der Waals surface area contributed by atoms with E-state index in [1.807, 2.05) is 30.3 Å². The van der Waals surface area contributed by atoms with Crippen molar-refractivity contribution in [2.75, 3.05) is 16.8 Å². The van der Waals surface area contributed by atoms with Crippen molar-refractivity contribution in [3.05, 3.63) is 48.7 Å². The van der Waals surface area contributed by atoms with E-state index in [0.717, 1.165) is 22.9 Å². The molecule has 0 aliphatic carbocycles. The number of benzene rings is 1. The Hall–Kier alpha value is -2.01. The molecule has 1 aromatic heterocycles. The van der Waals surface area contributed by atoms with Crippen LogP contribution < -0.4 is 11.1 Å². The predicted octanol–water partition coefficient (Wildman–Crippen LogP) is 3.17. The Morgan fingerprint density at radius 1 is 1.25 bits per heavy atom. The number of pyridine rings is 1. The van der Waals surface area contributed by atoms with Gasteiger partial charge in [-0.05, 0) is 42.5 Å². The van der Waals surface area contributed by atoms with Gasteiger partial charge >= 0.3 is 0 Å². The van der Waals surface area contributed by atoms with E-state index >= 15 is 0 Å². The first-order valence-corrected chi connectivity index (χ1v) is 7.42. The minimum absolute atomic E-state index is 0.0113. The number of nitrogens with one attached hydrogen (secondary N) is 1. The number of amides is 1. The molecule has 1 heterocycles. The topological polar surface area (TPSA) is 68.0 Å². The zero-order chi connectivity index (χ0) is 14.2. The molecule has 0 radical (unpaired) electrons. The molecule has 0 bridgehead atoms. The van der Waals surface area contributed by atoms with Crippen molar-refractivity contribution >= 4 is 29.0 Å². The van der Waals surface area contributed by atoms with Crippen molar-refractivity contribution < 1.29 is 4.79 Å². The van der Waals surface area contributed by atoms with Crippen molar-refractivity contribution in [3.8, 4) is 0 Å². The fourth-order valence-electron chi connectivity index (χ4n) is 1.68. The second kappa shape index (κ2) is 7.55. The number of nitrogen functional groups attached to an aromatic ring is 1. The van der Waals surface area contributed by atoms with Crippen molar-refractivity contribution in [1.29, 1.82) is 0 Å². The number of hydrogen-bond acceptors (Lipinski definition) is 4. The Labute approximate surface area is 122 Å². The number of anilines is 2. The molecule has 0 aliphatic rings. The molecule has 1 amide bonds. The molecule has 2 aromatic rings. The van der Waals surface area contributed by atoms with Crippen molar-refractivity contribution in [3.63, 3.8) is 0 Å². The van der Waals surface area contributed by atoms with Crippen molar-refractivity contribution in [1.82, 2.24) is 4.98 Å². The highest BCUT2D eigenvalue weighted by atomic mass is 32.2. The molecule has 0 saturated heterocycles. The molecule has 3 N–H and O–H groups in total. The molecule has 5 heteroatoms.